The lowest BCUT2D eigenvalue weighted by molar-refractivity contribution is 0.589. The van der Waals surface area contributed by atoms with Gasteiger partial charge in [0.25, 0.3) is 0 Å². The number of aromatic nitrogens is 1. The van der Waals surface area contributed by atoms with Gasteiger partial charge in [-0.25, -0.2) is 0 Å². The summed E-state index contributed by atoms with van der Waals surface area (Å²) in [5, 5.41) is 7.12. The van der Waals surface area contributed by atoms with Crippen molar-refractivity contribution in [3.05, 3.63) is 53.9 Å². The first kappa shape index (κ1) is 20.2. The Hall–Kier alpha value is -2.53. The van der Waals surface area contributed by atoms with Gasteiger partial charge in [-0.3, -0.25) is 4.99 Å². The molecule has 2 aliphatic rings. The van der Waals surface area contributed by atoms with Crippen molar-refractivity contribution in [2.45, 2.75) is 20.3 Å². The molecule has 2 N–H and O–H groups in total. The van der Waals surface area contributed by atoms with E-state index >= 15 is 0 Å². The van der Waals surface area contributed by atoms with Crippen LogP contribution in [-0.4, -0.2) is 49.5 Å². The van der Waals surface area contributed by atoms with E-state index in [1.807, 2.05) is 0 Å². The van der Waals surface area contributed by atoms with Crippen molar-refractivity contribution in [2.24, 2.45) is 12.0 Å². The number of aliphatic imine (C=N–C) groups is 1. The molecule has 1 aliphatic carbocycles. The summed E-state index contributed by atoms with van der Waals surface area (Å²) in [6, 6.07) is 0. The normalized spacial score (nSPS) is 19.0. The number of anilines is 2. The van der Waals surface area contributed by atoms with E-state index in [9.17, 15) is 0 Å². The molecule has 2 heterocycles. The number of nitrogens with one attached hydrogen (secondary N) is 2. The second kappa shape index (κ2) is 9.60. The molecule has 28 heavy (non-hydrogen) atoms. The predicted molar refractivity (Wildman–Crippen MR) is 123 cm³/mol. The molecule has 1 aliphatic heterocycles. The standard InChI is InChI=1S/C23H33N5/c1-5-7-22-23(28-13-11-24-12-14-28)21(17-27(22)4)26-16-19-9-8-18(3)20(15-19)25-10-6-2/h5,7-9,15,17,24,26H,3,6,10-14,16H2,1-2,4H3/b7-5-,25-20?. The van der Waals surface area contributed by atoms with E-state index in [2.05, 4.69) is 89.1 Å². The van der Waals surface area contributed by atoms with E-state index in [-0.39, 0.29) is 0 Å². The fourth-order valence-electron chi connectivity index (χ4n) is 3.63. The first-order valence-corrected chi connectivity index (χ1v) is 10.3. The molecule has 0 saturated carbocycles. The van der Waals surface area contributed by atoms with E-state index in [1.54, 1.807) is 0 Å². The molecule has 5 heteroatoms. The molecule has 0 amide bonds. The third-order valence-electron chi connectivity index (χ3n) is 5.10. The quantitative estimate of drug-likeness (QED) is 0.758. The summed E-state index contributed by atoms with van der Waals surface area (Å²) in [4.78, 5) is 7.14. The molecule has 0 bridgehead atoms. The molecule has 150 valence electrons. The molecule has 1 fully saturated rings. The number of hydrogen-bond donors (Lipinski definition) is 2. The average Bonchev–Trinajstić information content (AvgIpc) is 3.02. The van der Waals surface area contributed by atoms with Crippen molar-refractivity contribution in [3.8, 4) is 0 Å². The first-order valence-electron chi connectivity index (χ1n) is 10.3. The number of hydrogen-bond acceptors (Lipinski definition) is 4. The van der Waals surface area contributed by atoms with Crippen LogP contribution in [0.1, 0.15) is 26.0 Å². The van der Waals surface area contributed by atoms with Crippen LogP contribution in [0.5, 0.6) is 0 Å². The lowest BCUT2D eigenvalue weighted by Gasteiger charge is -2.30. The van der Waals surface area contributed by atoms with Crippen molar-refractivity contribution in [3.63, 3.8) is 0 Å². The summed E-state index contributed by atoms with van der Waals surface area (Å²) in [5.74, 6) is 0. The summed E-state index contributed by atoms with van der Waals surface area (Å²) in [7, 11) is 2.12. The van der Waals surface area contributed by atoms with Crippen molar-refractivity contribution < 1.29 is 0 Å². The zero-order valence-electron chi connectivity index (χ0n) is 17.5. The van der Waals surface area contributed by atoms with Gasteiger partial charge in [0.2, 0.25) is 0 Å². The summed E-state index contributed by atoms with van der Waals surface area (Å²) in [6.07, 6.45) is 13.9. The molecule has 0 unspecified atom stereocenters. The third-order valence-corrected chi connectivity index (χ3v) is 5.10. The lowest BCUT2D eigenvalue weighted by atomic mass is 10.0. The van der Waals surface area contributed by atoms with Crippen molar-refractivity contribution >= 4 is 23.2 Å². The molecule has 0 atom stereocenters. The van der Waals surface area contributed by atoms with Gasteiger partial charge in [-0.2, -0.15) is 0 Å². The maximum Gasteiger partial charge on any atom is 0.0858 e. The van der Waals surface area contributed by atoms with Crippen LogP contribution in [-0.2, 0) is 7.05 Å². The van der Waals surface area contributed by atoms with Gasteiger partial charge >= 0.3 is 0 Å². The summed E-state index contributed by atoms with van der Waals surface area (Å²) >= 11 is 0. The second-order valence-electron chi connectivity index (χ2n) is 7.32. The zero-order chi connectivity index (χ0) is 19.9. The fourth-order valence-corrected chi connectivity index (χ4v) is 3.63. The first-order chi connectivity index (χ1) is 13.6. The minimum absolute atomic E-state index is 0.771. The van der Waals surface area contributed by atoms with Gasteiger partial charge in [0.05, 0.1) is 22.8 Å². The zero-order valence-corrected chi connectivity index (χ0v) is 17.5. The Morgan fingerprint density at radius 1 is 1.29 bits per heavy atom. The Morgan fingerprint density at radius 2 is 2.07 bits per heavy atom. The van der Waals surface area contributed by atoms with Crippen molar-refractivity contribution in [1.82, 2.24) is 9.88 Å². The Labute approximate surface area is 169 Å². The van der Waals surface area contributed by atoms with Crippen LogP contribution in [0.15, 0.2) is 53.2 Å². The van der Waals surface area contributed by atoms with Gasteiger partial charge in [0.1, 0.15) is 0 Å². The third kappa shape index (κ3) is 4.65. The molecule has 0 spiro atoms. The van der Waals surface area contributed by atoms with E-state index < -0.39 is 0 Å². The Morgan fingerprint density at radius 3 is 2.79 bits per heavy atom. The van der Waals surface area contributed by atoms with E-state index in [0.29, 0.717) is 0 Å². The number of nitrogens with zero attached hydrogens (tertiary/aromatic N) is 3. The maximum atomic E-state index is 4.65. The number of aryl methyl sites for hydroxylation is 1. The number of piperazine rings is 1. The number of rotatable bonds is 7. The monoisotopic (exact) mass is 379 g/mol. The Bertz CT molecular complexity index is 816. The highest BCUT2D eigenvalue weighted by Crippen LogP contribution is 2.33. The number of allylic oxidation sites excluding steroid dienone is 4. The Kier molecular flexibility index (Phi) is 6.93. The summed E-state index contributed by atoms with van der Waals surface area (Å²) in [6.45, 7) is 14.0. The smallest absolute Gasteiger partial charge is 0.0858 e. The second-order valence-corrected chi connectivity index (χ2v) is 7.32. The van der Waals surface area contributed by atoms with Crippen molar-refractivity contribution in [1.29, 1.82) is 0 Å². The SMILES string of the molecule is C=C1C=CC(CNc2cn(C)c(/C=C\C)c2N2CCNCC2)=CC1=NCCC. The lowest BCUT2D eigenvalue weighted by Crippen LogP contribution is -2.44. The maximum absolute atomic E-state index is 4.65. The minimum atomic E-state index is 0.771. The van der Waals surface area contributed by atoms with Crippen LogP contribution in [0.4, 0.5) is 11.4 Å². The van der Waals surface area contributed by atoms with Gasteiger partial charge in [-0.15, -0.1) is 0 Å². The van der Waals surface area contributed by atoms with Gasteiger partial charge in [-0.05, 0) is 36.6 Å². The molecule has 1 saturated heterocycles. The van der Waals surface area contributed by atoms with Crippen LogP contribution in [0.3, 0.4) is 0 Å². The van der Waals surface area contributed by atoms with Gasteiger partial charge in [0.15, 0.2) is 0 Å². The Balaban J connectivity index is 1.81. The van der Waals surface area contributed by atoms with Crippen molar-refractivity contribution in [2.75, 3.05) is 49.5 Å². The van der Waals surface area contributed by atoms with E-state index in [4.69, 9.17) is 0 Å². The molecule has 1 aromatic rings. The fraction of sp³-hybridized carbons (Fsp3) is 0.435. The summed E-state index contributed by atoms with van der Waals surface area (Å²) < 4.78 is 2.21. The molecule has 5 nitrogen and oxygen atoms in total. The van der Waals surface area contributed by atoms with Crippen LogP contribution in [0, 0.1) is 0 Å². The van der Waals surface area contributed by atoms with Crippen LogP contribution >= 0.6 is 0 Å². The molecular formula is C23H33N5. The average molecular weight is 380 g/mol. The van der Waals surface area contributed by atoms with Gasteiger partial charge in [-0.1, -0.05) is 31.7 Å². The van der Waals surface area contributed by atoms with Crippen LogP contribution in [0.25, 0.3) is 6.08 Å². The largest absolute Gasteiger partial charge is 0.378 e. The molecule has 0 radical (unpaired) electrons. The molecule has 1 aromatic heterocycles. The highest BCUT2D eigenvalue weighted by molar-refractivity contribution is 6.11. The molecular weight excluding hydrogens is 346 g/mol. The van der Waals surface area contributed by atoms with Gasteiger partial charge in [0, 0.05) is 52.5 Å². The summed E-state index contributed by atoms with van der Waals surface area (Å²) in [5.41, 5.74) is 6.96. The van der Waals surface area contributed by atoms with E-state index in [0.717, 1.165) is 57.0 Å². The minimum Gasteiger partial charge on any atom is -0.378 e. The van der Waals surface area contributed by atoms with Crippen LogP contribution < -0.4 is 15.5 Å². The molecule has 0 aromatic carbocycles. The van der Waals surface area contributed by atoms with Gasteiger partial charge < -0.3 is 20.1 Å². The van der Waals surface area contributed by atoms with Crippen LogP contribution in [0.2, 0.25) is 0 Å². The predicted octanol–water partition coefficient (Wildman–Crippen LogP) is 3.78. The van der Waals surface area contributed by atoms with E-state index in [1.165, 1.54) is 22.6 Å². The molecule has 3 rings (SSSR count). The topological polar surface area (TPSA) is 44.6 Å². The highest BCUT2D eigenvalue weighted by atomic mass is 15.2. The highest BCUT2D eigenvalue weighted by Gasteiger charge is 2.20.